The molecule has 0 aliphatic rings. The Bertz CT molecular complexity index is 736. The first-order valence-electron chi connectivity index (χ1n) is 8.85. The molecule has 0 saturated carbocycles. The van der Waals surface area contributed by atoms with Crippen LogP contribution in [-0.2, 0) is 11.3 Å². The second kappa shape index (κ2) is 10.3. The van der Waals surface area contributed by atoms with E-state index in [9.17, 15) is 9.90 Å². The van der Waals surface area contributed by atoms with Gasteiger partial charge in [0, 0.05) is 25.6 Å². The van der Waals surface area contributed by atoms with E-state index in [1.54, 1.807) is 24.3 Å². The fraction of sp³-hybridized carbons (Fsp3) is 0.333. The van der Waals surface area contributed by atoms with Crippen molar-refractivity contribution in [1.82, 2.24) is 4.90 Å². The topological polar surface area (TPSA) is 76.4 Å². The minimum Gasteiger partial charge on any atom is -0.395 e. The van der Waals surface area contributed by atoms with Crippen molar-refractivity contribution in [3.8, 4) is 6.07 Å². The second-order valence-electron chi connectivity index (χ2n) is 6.16. The standard InChI is InChI=1S/C21H25N3O2/c1-2-19(16-25)24(15-17-8-4-3-5-9-17)13-12-21(26)23-20-11-7-6-10-18(20)14-22/h3-11,19,25H,2,12-13,15-16H2,1H3,(H,23,26)/t19-/m0/s1. The molecule has 0 heterocycles. The summed E-state index contributed by atoms with van der Waals surface area (Å²) in [4.78, 5) is 14.5. The fourth-order valence-corrected chi connectivity index (χ4v) is 2.86. The molecule has 5 nitrogen and oxygen atoms in total. The molecule has 1 amide bonds. The predicted molar refractivity (Wildman–Crippen MR) is 102 cm³/mol. The van der Waals surface area contributed by atoms with Gasteiger partial charge < -0.3 is 10.4 Å². The third kappa shape index (κ3) is 5.69. The third-order valence-corrected chi connectivity index (χ3v) is 4.37. The summed E-state index contributed by atoms with van der Waals surface area (Å²) in [5, 5.41) is 21.6. The second-order valence-corrected chi connectivity index (χ2v) is 6.16. The van der Waals surface area contributed by atoms with Crippen molar-refractivity contribution >= 4 is 11.6 Å². The molecule has 2 rings (SSSR count). The molecule has 2 aromatic rings. The summed E-state index contributed by atoms with van der Waals surface area (Å²) in [5.41, 5.74) is 2.13. The van der Waals surface area contributed by atoms with E-state index in [4.69, 9.17) is 5.26 Å². The molecule has 0 aliphatic heterocycles. The number of rotatable bonds is 9. The van der Waals surface area contributed by atoms with Crippen LogP contribution in [0.25, 0.3) is 0 Å². The molecule has 2 N–H and O–H groups in total. The number of anilines is 1. The van der Waals surface area contributed by atoms with E-state index in [1.807, 2.05) is 37.3 Å². The predicted octanol–water partition coefficient (Wildman–Crippen LogP) is 3.16. The largest absolute Gasteiger partial charge is 0.395 e. The zero-order valence-electron chi connectivity index (χ0n) is 15.1. The normalized spacial score (nSPS) is 11.8. The van der Waals surface area contributed by atoms with E-state index < -0.39 is 0 Å². The Hall–Kier alpha value is -2.68. The highest BCUT2D eigenvalue weighted by Gasteiger charge is 2.18. The van der Waals surface area contributed by atoms with Crippen LogP contribution in [0.1, 0.15) is 30.9 Å². The Labute approximate surface area is 154 Å². The average Bonchev–Trinajstić information content (AvgIpc) is 2.68. The summed E-state index contributed by atoms with van der Waals surface area (Å²) >= 11 is 0. The van der Waals surface area contributed by atoms with Crippen LogP contribution in [0.5, 0.6) is 0 Å². The number of nitrogens with zero attached hydrogens (tertiary/aromatic N) is 2. The van der Waals surface area contributed by atoms with Crippen molar-refractivity contribution in [2.24, 2.45) is 0 Å². The summed E-state index contributed by atoms with van der Waals surface area (Å²) in [6.45, 7) is 3.31. The highest BCUT2D eigenvalue weighted by Crippen LogP contribution is 2.15. The van der Waals surface area contributed by atoms with E-state index >= 15 is 0 Å². The Balaban J connectivity index is 1.99. The van der Waals surface area contributed by atoms with Crippen molar-refractivity contribution in [3.05, 3.63) is 65.7 Å². The number of benzene rings is 2. The maximum Gasteiger partial charge on any atom is 0.225 e. The fourth-order valence-electron chi connectivity index (χ4n) is 2.86. The van der Waals surface area contributed by atoms with E-state index in [0.29, 0.717) is 30.8 Å². The molecular weight excluding hydrogens is 326 g/mol. The molecule has 0 fully saturated rings. The van der Waals surface area contributed by atoms with Crippen LogP contribution in [0.2, 0.25) is 0 Å². The van der Waals surface area contributed by atoms with E-state index in [0.717, 1.165) is 12.0 Å². The van der Waals surface area contributed by atoms with Gasteiger partial charge in [0.15, 0.2) is 0 Å². The molecule has 1 atom stereocenters. The van der Waals surface area contributed by atoms with Gasteiger partial charge in [-0.2, -0.15) is 5.26 Å². The van der Waals surface area contributed by atoms with Crippen LogP contribution in [0.4, 0.5) is 5.69 Å². The van der Waals surface area contributed by atoms with Crippen LogP contribution in [0.3, 0.4) is 0 Å². The van der Waals surface area contributed by atoms with Crippen molar-refractivity contribution in [2.45, 2.75) is 32.4 Å². The Kier molecular flexibility index (Phi) is 7.81. The lowest BCUT2D eigenvalue weighted by molar-refractivity contribution is -0.116. The van der Waals surface area contributed by atoms with Gasteiger partial charge in [-0.3, -0.25) is 9.69 Å². The average molecular weight is 351 g/mol. The highest BCUT2D eigenvalue weighted by atomic mass is 16.3. The zero-order chi connectivity index (χ0) is 18.8. The van der Waals surface area contributed by atoms with Crippen molar-refractivity contribution in [3.63, 3.8) is 0 Å². The van der Waals surface area contributed by atoms with E-state index in [1.165, 1.54) is 0 Å². The summed E-state index contributed by atoms with van der Waals surface area (Å²) in [5.74, 6) is -0.140. The van der Waals surface area contributed by atoms with Gasteiger partial charge in [0.25, 0.3) is 0 Å². The van der Waals surface area contributed by atoms with Crippen molar-refractivity contribution in [1.29, 1.82) is 5.26 Å². The first-order valence-corrected chi connectivity index (χ1v) is 8.85. The van der Waals surface area contributed by atoms with Gasteiger partial charge in [-0.25, -0.2) is 0 Å². The molecule has 136 valence electrons. The van der Waals surface area contributed by atoms with Gasteiger partial charge in [-0.05, 0) is 24.1 Å². The van der Waals surface area contributed by atoms with Crippen LogP contribution in [-0.4, -0.2) is 35.1 Å². The lowest BCUT2D eigenvalue weighted by Crippen LogP contribution is -2.39. The first-order chi connectivity index (χ1) is 12.7. The summed E-state index contributed by atoms with van der Waals surface area (Å²) < 4.78 is 0. The van der Waals surface area contributed by atoms with Gasteiger partial charge >= 0.3 is 0 Å². The van der Waals surface area contributed by atoms with Crippen molar-refractivity contribution < 1.29 is 9.90 Å². The molecule has 0 aromatic heterocycles. The molecule has 0 bridgehead atoms. The van der Waals surface area contributed by atoms with Crippen molar-refractivity contribution in [2.75, 3.05) is 18.5 Å². The summed E-state index contributed by atoms with van der Waals surface area (Å²) in [6.07, 6.45) is 1.10. The van der Waals surface area contributed by atoms with Gasteiger partial charge in [0.2, 0.25) is 5.91 Å². The van der Waals surface area contributed by atoms with Gasteiger partial charge in [0.1, 0.15) is 6.07 Å². The third-order valence-electron chi connectivity index (χ3n) is 4.37. The molecule has 0 unspecified atom stereocenters. The Morgan fingerprint density at radius 3 is 2.54 bits per heavy atom. The number of amides is 1. The van der Waals surface area contributed by atoms with E-state index in [-0.39, 0.29) is 18.6 Å². The van der Waals surface area contributed by atoms with Gasteiger partial charge in [-0.15, -0.1) is 0 Å². The molecule has 0 aliphatic carbocycles. The molecule has 0 radical (unpaired) electrons. The monoisotopic (exact) mass is 351 g/mol. The highest BCUT2D eigenvalue weighted by molar-refractivity contribution is 5.92. The zero-order valence-corrected chi connectivity index (χ0v) is 15.1. The van der Waals surface area contributed by atoms with E-state index in [2.05, 4.69) is 16.3 Å². The number of para-hydroxylation sites is 1. The summed E-state index contributed by atoms with van der Waals surface area (Å²) in [6, 6.07) is 19.1. The van der Waals surface area contributed by atoms with Crippen LogP contribution < -0.4 is 5.32 Å². The Morgan fingerprint density at radius 2 is 1.88 bits per heavy atom. The molecule has 0 saturated heterocycles. The summed E-state index contributed by atoms with van der Waals surface area (Å²) in [7, 11) is 0. The van der Waals surface area contributed by atoms with Crippen LogP contribution in [0, 0.1) is 11.3 Å². The maximum absolute atomic E-state index is 12.3. The van der Waals surface area contributed by atoms with Crippen LogP contribution >= 0.6 is 0 Å². The quantitative estimate of drug-likeness (QED) is 0.727. The molecular formula is C21H25N3O2. The lowest BCUT2D eigenvalue weighted by Gasteiger charge is -2.29. The number of carbonyl (C=O) groups is 1. The number of aliphatic hydroxyl groups excluding tert-OH is 1. The van der Waals surface area contributed by atoms with Gasteiger partial charge in [-0.1, -0.05) is 49.4 Å². The lowest BCUT2D eigenvalue weighted by atomic mass is 10.1. The number of carbonyl (C=O) groups excluding carboxylic acids is 1. The smallest absolute Gasteiger partial charge is 0.225 e. The number of nitriles is 1. The van der Waals surface area contributed by atoms with Crippen LogP contribution in [0.15, 0.2) is 54.6 Å². The number of hydrogen-bond acceptors (Lipinski definition) is 4. The minimum absolute atomic E-state index is 0.00870. The Morgan fingerprint density at radius 1 is 1.19 bits per heavy atom. The maximum atomic E-state index is 12.3. The van der Waals surface area contributed by atoms with Gasteiger partial charge in [0.05, 0.1) is 17.9 Å². The molecule has 26 heavy (non-hydrogen) atoms. The molecule has 5 heteroatoms. The SMILES string of the molecule is CC[C@@H](CO)N(CCC(=O)Nc1ccccc1C#N)Cc1ccccc1. The minimum atomic E-state index is -0.140. The number of nitrogens with one attached hydrogen (secondary N) is 1. The number of hydrogen-bond donors (Lipinski definition) is 2. The molecule has 2 aromatic carbocycles. The molecule has 0 spiro atoms. The number of aliphatic hydroxyl groups is 1. The first kappa shape index (κ1) is 19.6.